The molecule has 2 aromatic carbocycles. The Labute approximate surface area is 178 Å². The number of hydrogen-bond donors (Lipinski definition) is 2. The van der Waals surface area contributed by atoms with Crippen molar-refractivity contribution in [3.63, 3.8) is 0 Å². The Morgan fingerprint density at radius 3 is 2.74 bits per heavy atom. The first-order chi connectivity index (χ1) is 14.9. The number of fused-ring (bicyclic) bond motifs is 1. The third-order valence-corrected chi connectivity index (χ3v) is 4.74. The zero-order valence-electron chi connectivity index (χ0n) is 17.0. The van der Waals surface area contributed by atoms with Gasteiger partial charge in [-0.3, -0.25) is 9.59 Å². The highest BCUT2D eigenvalue weighted by molar-refractivity contribution is 5.99. The average Bonchev–Trinajstić information content (AvgIpc) is 3.06. The minimum atomic E-state index is -0.674. The lowest BCUT2D eigenvalue weighted by atomic mass is 10.1. The van der Waals surface area contributed by atoms with E-state index in [0.29, 0.717) is 22.8 Å². The second-order valence-electron chi connectivity index (χ2n) is 6.97. The summed E-state index contributed by atoms with van der Waals surface area (Å²) >= 11 is 0. The van der Waals surface area contributed by atoms with E-state index in [-0.39, 0.29) is 18.1 Å². The summed E-state index contributed by atoms with van der Waals surface area (Å²) < 4.78 is 12.2. The number of aromatic nitrogens is 2. The highest BCUT2D eigenvalue weighted by atomic mass is 16.5. The molecule has 9 nitrogen and oxygen atoms in total. The van der Waals surface area contributed by atoms with Gasteiger partial charge in [0, 0.05) is 0 Å². The van der Waals surface area contributed by atoms with E-state index in [1.54, 1.807) is 17.7 Å². The molecule has 1 aliphatic rings. The van der Waals surface area contributed by atoms with Gasteiger partial charge in [-0.25, -0.2) is 9.48 Å². The van der Waals surface area contributed by atoms with Crippen molar-refractivity contribution in [2.75, 3.05) is 23.8 Å². The van der Waals surface area contributed by atoms with Crippen LogP contribution in [0.25, 0.3) is 5.69 Å². The molecule has 0 saturated heterocycles. The molecule has 0 atom stereocenters. The summed E-state index contributed by atoms with van der Waals surface area (Å²) in [5.41, 5.74) is 3.55. The normalized spacial score (nSPS) is 12.4. The van der Waals surface area contributed by atoms with Gasteiger partial charge in [0.15, 0.2) is 13.2 Å². The molecule has 1 aliphatic heterocycles. The van der Waals surface area contributed by atoms with Crippen molar-refractivity contribution in [3.8, 4) is 11.4 Å². The van der Waals surface area contributed by atoms with Gasteiger partial charge in [-0.15, -0.1) is 0 Å². The van der Waals surface area contributed by atoms with E-state index in [4.69, 9.17) is 9.47 Å². The van der Waals surface area contributed by atoms with E-state index in [0.717, 1.165) is 11.4 Å². The molecule has 0 saturated carbocycles. The molecule has 1 aromatic heterocycles. The molecule has 0 spiro atoms. The van der Waals surface area contributed by atoms with Gasteiger partial charge in [-0.2, -0.15) is 5.10 Å². The molecule has 0 unspecified atom stereocenters. The van der Waals surface area contributed by atoms with E-state index in [1.807, 2.05) is 37.3 Å². The van der Waals surface area contributed by atoms with Crippen molar-refractivity contribution in [2.45, 2.75) is 13.8 Å². The molecule has 2 amide bonds. The number of nitrogens with one attached hydrogen (secondary N) is 2. The van der Waals surface area contributed by atoms with Crippen molar-refractivity contribution in [2.24, 2.45) is 0 Å². The second kappa shape index (κ2) is 8.31. The van der Waals surface area contributed by atoms with Crippen molar-refractivity contribution in [3.05, 3.63) is 65.5 Å². The summed E-state index contributed by atoms with van der Waals surface area (Å²) in [6, 6.07) is 14.1. The maximum Gasteiger partial charge on any atom is 0.338 e. The fraction of sp³-hybridized carbons (Fsp3) is 0.182. The highest BCUT2D eigenvalue weighted by Crippen LogP contribution is 2.29. The van der Waals surface area contributed by atoms with Crippen LogP contribution in [0.1, 0.15) is 21.7 Å². The van der Waals surface area contributed by atoms with Gasteiger partial charge in [0.05, 0.1) is 34.0 Å². The smallest absolute Gasteiger partial charge is 0.338 e. The van der Waals surface area contributed by atoms with E-state index in [9.17, 15) is 14.4 Å². The molecule has 9 heteroatoms. The Bertz CT molecular complexity index is 1170. The van der Waals surface area contributed by atoms with Crippen LogP contribution in [-0.4, -0.2) is 40.8 Å². The maximum atomic E-state index is 12.4. The van der Waals surface area contributed by atoms with Crippen molar-refractivity contribution in [1.82, 2.24) is 9.78 Å². The number of carbonyl (C=O) groups excluding carboxylic acids is 3. The van der Waals surface area contributed by atoms with Crippen LogP contribution in [0.15, 0.2) is 48.5 Å². The number of nitrogens with zero attached hydrogens (tertiary/aromatic N) is 2. The van der Waals surface area contributed by atoms with Crippen LogP contribution >= 0.6 is 0 Å². The van der Waals surface area contributed by atoms with Gasteiger partial charge >= 0.3 is 5.97 Å². The number of rotatable bonds is 5. The van der Waals surface area contributed by atoms with Gasteiger partial charge in [-0.1, -0.05) is 18.2 Å². The fourth-order valence-electron chi connectivity index (χ4n) is 3.24. The van der Waals surface area contributed by atoms with Gasteiger partial charge in [0.25, 0.3) is 11.8 Å². The quantitative estimate of drug-likeness (QED) is 0.614. The summed E-state index contributed by atoms with van der Waals surface area (Å²) in [5, 5.41) is 9.87. The van der Waals surface area contributed by atoms with Gasteiger partial charge in [-0.05, 0) is 44.2 Å². The SMILES string of the molecule is Cc1nn(-c2ccccc2)c(C)c1NC(=O)COC(=O)c1ccc2c(c1)OCC(=O)N2. The summed E-state index contributed by atoms with van der Waals surface area (Å²) in [4.78, 5) is 36.0. The number of carbonyl (C=O) groups is 3. The minimum Gasteiger partial charge on any atom is -0.482 e. The number of hydrogen-bond acceptors (Lipinski definition) is 6. The first-order valence-corrected chi connectivity index (χ1v) is 9.57. The molecule has 0 bridgehead atoms. The van der Waals surface area contributed by atoms with Crippen molar-refractivity contribution < 1.29 is 23.9 Å². The molecule has 3 aromatic rings. The van der Waals surface area contributed by atoms with Crippen molar-refractivity contribution in [1.29, 1.82) is 0 Å². The number of anilines is 2. The van der Waals surface area contributed by atoms with Crippen LogP contribution in [0.5, 0.6) is 5.75 Å². The summed E-state index contributed by atoms with van der Waals surface area (Å²) in [6.45, 7) is 3.06. The topological polar surface area (TPSA) is 112 Å². The lowest BCUT2D eigenvalue weighted by Crippen LogP contribution is -2.25. The van der Waals surface area contributed by atoms with E-state index >= 15 is 0 Å². The Morgan fingerprint density at radius 2 is 1.97 bits per heavy atom. The standard InChI is InChI=1S/C22H20N4O5/c1-13-21(14(2)26(25-13)16-6-4-3-5-7-16)24-20(28)12-31-22(29)15-8-9-17-18(10-15)30-11-19(27)23-17/h3-10H,11-12H2,1-2H3,(H,23,27)(H,24,28). The van der Waals surface area contributed by atoms with Crippen LogP contribution in [0, 0.1) is 13.8 Å². The summed E-state index contributed by atoms with van der Waals surface area (Å²) in [5.74, 6) is -1.04. The van der Waals surface area contributed by atoms with Crippen LogP contribution < -0.4 is 15.4 Å². The summed E-state index contributed by atoms with van der Waals surface area (Å²) in [7, 11) is 0. The molecule has 2 heterocycles. The van der Waals surface area contributed by atoms with E-state index in [1.165, 1.54) is 12.1 Å². The average molecular weight is 420 g/mol. The molecule has 0 fully saturated rings. The van der Waals surface area contributed by atoms with Crippen molar-refractivity contribution >= 4 is 29.2 Å². The van der Waals surface area contributed by atoms with Gasteiger partial charge in [0.1, 0.15) is 5.75 Å². The zero-order chi connectivity index (χ0) is 22.0. The Kier molecular flexibility index (Phi) is 5.40. The van der Waals surface area contributed by atoms with E-state index in [2.05, 4.69) is 15.7 Å². The molecule has 4 rings (SSSR count). The predicted molar refractivity (Wildman–Crippen MR) is 113 cm³/mol. The molecule has 2 N–H and O–H groups in total. The molecule has 31 heavy (non-hydrogen) atoms. The monoisotopic (exact) mass is 420 g/mol. The molecular formula is C22H20N4O5. The first-order valence-electron chi connectivity index (χ1n) is 9.57. The molecule has 158 valence electrons. The van der Waals surface area contributed by atoms with Crippen LogP contribution in [-0.2, 0) is 14.3 Å². The van der Waals surface area contributed by atoms with Crippen LogP contribution in [0.3, 0.4) is 0 Å². The number of amides is 2. The molecule has 0 radical (unpaired) electrons. The van der Waals surface area contributed by atoms with Crippen LogP contribution in [0.4, 0.5) is 11.4 Å². The maximum absolute atomic E-state index is 12.4. The zero-order valence-corrected chi connectivity index (χ0v) is 17.0. The lowest BCUT2D eigenvalue weighted by molar-refractivity contribution is -0.119. The predicted octanol–water partition coefficient (Wildman–Crippen LogP) is 2.62. The van der Waals surface area contributed by atoms with Gasteiger partial charge < -0.3 is 20.1 Å². The number of benzene rings is 2. The Morgan fingerprint density at radius 1 is 1.19 bits per heavy atom. The largest absolute Gasteiger partial charge is 0.482 e. The van der Waals surface area contributed by atoms with Gasteiger partial charge in [0.2, 0.25) is 0 Å². The second-order valence-corrected chi connectivity index (χ2v) is 6.97. The molecular weight excluding hydrogens is 400 g/mol. The molecule has 0 aliphatic carbocycles. The first kappa shape index (κ1) is 20.1. The third kappa shape index (κ3) is 4.25. The number of esters is 1. The number of aryl methyl sites for hydroxylation is 1. The Hall–Kier alpha value is -4.14. The lowest BCUT2D eigenvalue weighted by Gasteiger charge is -2.18. The highest BCUT2D eigenvalue weighted by Gasteiger charge is 2.20. The fourth-order valence-corrected chi connectivity index (χ4v) is 3.24. The third-order valence-electron chi connectivity index (χ3n) is 4.74. The number of para-hydroxylation sites is 1. The minimum absolute atomic E-state index is 0.122. The summed E-state index contributed by atoms with van der Waals surface area (Å²) in [6.07, 6.45) is 0. The Balaban J connectivity index is 1.39. The number of ether oxygens (including phenoxy) is 2. The van der Waals surface area contributed by atoms with Crippen LogP contribution in [0.2, 0.25) is 0 Å². The van der Waals surface area contributed by atoms with E-state index < -0.39 is 18.5 Å².